The van der Waals surface area contributed by atoms with E-state index in [2.05, 4.69) is 17.1 Å². The van der Waals surface area contributed by atoms with E-state index in [0.29, 0.717) is 18.1 Å². The van der Waals surface area contributed by atoms with Gasteiger partial charge in [0.05, 0.1) is 11.5 Å². The molecule has 0 aliphatic heterocycles. The average Bonchev–Trinajstić information content (AvgIpc) is 2.96. The molecule has 1 aliphatic carbocycles. The lowest BCUT2D eigenvalue weighted by Crippen LogP contribution is -2.40. The number of nitrogens with two attached hydrogens (primary N) is 1. The van der Waals surface area contributed by atoms with Crippen LogP contribution in [0.4, 0.5) is 0 Å². The summed E-state index contributed by atoms with van der Waals surface area (Å²) in [6.45, 7) is 6.99. The maximum absolute atomic E-state index is 11.5. The lowest BCUT2D eigenvalue weighted by atomic mass is 10.0. The van der Waals surface area contributed by atoms with Gasteiger partial charge in [0.2, 0.25) is 5.91 Å². The van der Waals surface area contributed by atoms with Crippen LogP contribution in [-0.2, 0) is 4.79 Å². The Bertz CT molecular complexity index is 289. The SMILES string of the molecule is CCNC(=O)CN(CC)CC1(CC(N)=S)CC1. The Kier molecular flexibility index (Phi) is 5.33. The molecule has 0 aromatic rings. The van der Waals surface area contributed by atoms with Crippen molar-refractivity contribution in [1.82, 2.24) is 10.2 Å². The van der Waals surface area contributed by atoms with Crippen molar-refractivity contribution >= 4 is 23.1 Å². The van der Waals surface area contributed by atoms with Crippen molar-refractivity contribution in [3.05, 3.63) is 0 Å². The average molecular weight is 257 g/mol. The van der Waals surface area contributed by atoms with Crippen LogP contribution in [0.5, 0.6) is 0 Å². The maximum Gasteiger partial charge on any atom is 0.234 e. The first-order chi connectivity index (χ1) is 8.01. The molecule has 1 amide bonds. The van der Waals surface area contributed by atoms with Crippen LogP contribution in [0, 0.1) is 5.41 Å². The molecule has 0 saturated heterocycles. The molecular formula is C12H23N3OS. The van der Waals surface area contributed by atoms with Crippen molar-refractivity contribution < 1.29 is 4.79 Å². The van der Waals surface area contributed by atoms with E-state index in [-0.39, 0.29) is 11.3 Å². The molecule has 0 radical (unpaired) electrons. The second-order valence-corrected chi connectivity index (χ2v) is 5.42. The highest BCUT2D eigenvalue weighted by molar-refractivity contribution is 7.80. The highest BCUT2D eigenvalue weighted by atomic mass is 32.1. The van der Waals surface area contributed by atoms with E-state index in [1.54, 1.807) is 0 Å². The molecular weight excluding hydrogens is 234 g/mol. The number of hydrogen-bond donors (Lipinski definition) is 2. The summed E-state index contributed by atoms with van der Waals surface area (Å²) in [5.74, 6) is 0.0977. The number of carbonyl (C=O) groups is 1. The molecule has 1 rings (SSSR count). The van der Waals surface area contributed by atoms with Gasteiger partial charge in [-0.3, -0.25) is 9.69 Å². The van der Waals surface area contributed by atoms with Crippen LogP contribution in [-0.4, -0.2) is 42.0 Å². The summed E-state index contributed by atoms with van der Waals surface area (Å²) in [5, 5.41) is 2.83. The number of likely N-dealkylation sites (N-methyl/N-ethyl adjacent to an activating group) is 2. The van der Waals surface area contributed by atoms with E-state index < -0.39 is 0 Å². The second kappa shape index (κ2) is 6.31. The topological polar surface area (TPSA) is 58.4 Å². The van der Waals surface area contributed by atoms with E-state index in [1.165, 1.54) is 12.8 Å². The van der Waals surface area contributed by atoms with E-state index in [4.69, 9.17) is 18.0 Å². The summed E-state index contributed by atoms with van der Waals surface area (Å²) in [5.41, 5.74) is 5.88. The summed E-state index contributed by atoms with van der Waals surface area (Å²) in [6, 6.07) is 0. The number of carbonyl (C=O) groups excluding carboxylic acids is 1. The zero-order valence-electron chi connectivity index (χ0n) is 10.8. The number of thiocarbonyl (C=S) groups is 1. The second-order valence-electron chi connectivity index (χ2n) is 4.90. The molecule has 0 spiro atoms. The first kappa shape index (κ1) is 14.4. The standard InChI is InChI=1S/C12H23N3OS/c1-3-14-11(16)8-15(4-2)9-12(5-6-12)7-10(13)17/h3-9H2,1-2H3,(H2,13,17)(H,14,16). The monoisotopic (exact) mass is 257 g/mol. The van der Waals surface area contributed by atoms with Crippen LogP contribution >= 0.6 is 12.2 Å². The van der Waals surface area contributed by atoms with Crippen molar-refractivity contribution in [2.24, 2.45) is 11.1 Å². The Labute approximate surface area is 109 Å². The molecule has 1 aliphatic rings. The summed E-state index contributed by atoms with van der Waals surface area (Å²) >= 11 is 4.98. The molecule has 4 nitrogen and oxygen atoms in total. The molecule has 1 fully saturated rings. The Morgan fingerprint density at radius 1 is 1.47 bits per heavy atom. The van der Waals surface area contributed by atoms with Crippen LogP contribution in [0.15, 0.2) is 0 Å². The molecule has 0 bridgehead atoms. The minimum Gasteiger partial charge on any atom is -0.393 e. The van der Waals surface area contributed by atoms with Crippen LogP contribution in [0.1, 0.15) is 33.1 Å². The molecule has 3 N–H and O–H groups in total. The predicted octanol–water partition coefficient (Wildman–Crippen LogP) is 0.901. The van der Waals surface area contributed by atoms with Gasteiger partial charge in [-0.2, -0.15) is 0 Å². The minimum atomic E-state index is 0.0977. The van der Waals surface area contributed by atoms with E-state index >= 15 is 0 Å². The number of rotatable bonds is 8. The highest BCUT2D eigenvalue weighted by Crippen LogP contribution is 2.49. The third-order valence-electron chi connectivity index (χ3n) is 3.25. The van der Waals surface area contributed by atoms with Gasteiger partial charge in [-0.25, -0.2) is 0 Å². The first-order valence-electron chi connectivity index (χ1n) is 6.28. The molecule has 1 saturated carbocycles. The number of hydrogen-bond acceptors (Lipinski definition) is 3. The molecule has 0 aromatic heterocycles. The molecule has 98 valence electrons. The van der Waals surface area contributed by atoms with Gasteiger partial charge in [0.1, 0.15) is 0 Å². The van der Waals surface area contributed by atoms with Crippen LogP contribution in [0.25, 0.3) is 0 Å². The van der Waals surface area contributed by atoms with E-state index in [1.807, 2.05) is 6.92 Å². The van der Waals surface area contributed by atoms with Gasteiger partial charge in [-0.05, 0) is 31.7 Å². The summed E-state index contributed by atoms with van der Waals surface area (Å²) < 4.78 is 0. The fourth-order valence-corrected chi connectivity index (χ4v) is 2.45. The number of amides is 1. The van der Waals surface area contributed by atoms with Crippen LogP contribution in [0.2, 0.25) is 0 Å². The van der Waals surface area contributed by atoms with Gasteiger partial charge >= 0.3 is 0 Å². The van der Waals surface area contributed by atoms with Crippen molar-refractivity contribution in [2.45, 2.75) is 33.1 Å². The third-order valence-corrected chi connectivity index (χ3v) is 3.40. The smallest absolute Gasteiger partial charge is 0.234 e. The molecule has 0 heterocycles. The summed E-state index contributed by atoms with van der Waals surface area (Å²) in [4.78, 5) is 14.3. The molecule has 0 unspecified atom stereocenters. The van der Waals surface area contributed by atoms with Crippen molar-refractivity contribution in [3.63, 3.8) is 0 Å². The van der Waals surface area contributed by atoms with Crippen LogP contribution < -0.4 is 11.1 Å². The normalized spacial score (nSPS) is 16.9. The summed E-state index contributed by atoms with van der Waals surface area (Å²) in [7, 11) is 0. The Hall–Kier alpha value is -0.680. The Morgan fingerprint density at radius 3 is 2.53 bits per heavy atom. The van der Waals surface area contributed by atoms with Gasteiger partial charge < -0.3 is 11.1 Å². The molecule has 5 heteroatoms. The molecule has 0 atom stereocenters. The number of nitrogens with zero attached hydrogens (tertiary/aromatic N) is 1. The van der Waals surface area contributed by atoms with Crippen LogP contribution in [0.3, 0.4) is 0 Å². The lowest BCUT2D eigenvalue weighted by Gasteiger charge is -2.25. The van der Waals surface area contributed by atoms with E-state index in [0.717, 1.165) is 19.5 Å². The summed E-state index contributed by atoms with van der Waals surface area (Å²) in [6.07, 6.45) is 3.17. The Morgan fingerprint density at radius 2 is 2.12 bits per heavy atom. The third kappa shape index (κ3) is 5.00. The first-order valence-corrected chi connectivity index (χ1v) is 6.69. The fourth-order valence-electron chi connectivity index (χ4n) is 2.15. The maximum atomic E-state index is 11.5. The highest BCUT2D eigenvalue weighted by Gasteiger charge is 2.44. The zero-order chi connectivity index (χ0) is 12.9. The molecule has 17 heavy (non-hydrogen) atoms. The van der Waals surface area contributed by atoms with Gasteiger partial charge in [0.25, 0.3) is 0 Å². The molecule has 0 aromatic carbocycles. The van der Waals surface area contributed by atoms with Gasteiger partial charge in [0, 0.05) is 19.5 Å². The quantitative estimate of drug-likeness (QED) is 0.634. The Balaban J connectivity index is 2.41. The minimum absolute atomic E-state index is 0.0977. The fraction of sp³-hybridized carbons (Fsp3) is 0.833. The van der Waals surface area contributed by atoms with Crippen molar-refractivity contribution in [2.75, 3.05) is 26.2 Å². The zero-order valence-corrected chi connectivity index (χ0v) is 11.6. The van der Waals surface area contributed by atoms with Crippen molar-refractivity contribution in [3.8, 4) is 0 Å². The van der Waals surface area contributed by atoms with Gasteiger partial charge in [-0.1, -0.05) is 19.1 Å². The van der Waals surface area contributed by atoms with Gasteiger partial charge in [-0.15, -0.1) is 0 Å². The van der Waals surface area contributed by atoms with Gasteiger partial charge in [0.15, 0.2) is 0 Å². The van der Waals surface area contributed by atoms with Crippen molar-refractivity contribution in [1.29, 1.82) is 0 Å². The number of nitrogens with one attached hydrogen (secondary N) is 1. The largest absolute Gasteiger partial charge is 0.393 e. The lowest BCUT2D eigenvalue weighted by molar-refractivity contribution is -0.122. The van der Waals surface area contributed by atoms with E-state index in [9.17, 15) is 4.79 Å². The predicted molar refractivity (Wildman–Crippen MR) is 73.9 cm³/mol.